The van der Waals surface area contributed by atoms with Crippen LogP contribution in [0.5, 0.6) is 0 Å². The Morgan fingerprint density at radius 3 is 3.00 bits per heavy atom. The van der Waals surface area contributed by atoms with Crippen LogP contribution in [0.25, 0.3) is 0 Å². The first-order valence-corrected chi connectivity index (χ1v) is 10.2. The normalized spacial score (nSPS) is 14.5. The van der Waals surface area contributed by atoms with E-state index in [2.05, 4.69) is 10.3 Å². The zero-order chi connectivity index (χ0) is 17.8. The monoisotopic (exact) mass is 415 g/mol. The number of carbonyl (C=O) groups excluding carboxylic acids is 2. The van der Waals surface area contributed by atoms with Crippen LogP contribution in [0.1, 0.15) is 11.3 Å². The topological polar surface area (TPSA) is 62.3 Å². The zero-order valence-corrected chi connectivity index (χ0v) is 16.3. The molecule has 1 aromatic heterocycles. The molecule has 3 rings (SSSR count). The quantitative estimate of drug-likeness (QED) is 0.761. The predicted molar refractivity (Wildman–Crippen MR) is 101 cm³/mol. The summed E-state index contributed by atoms with van der Waals surface area (Å²) in [5, 5.41) is 5.83. The number of thiazole rings is 1. The largest absolute Gasteiger partial charge is 0.353 e. The van der Waals surface area contributed by atoms with Gasteiger partial charge >= 0.3 is 0 Å². The third kappa shape index (κ3) is 5.10. The fraction of sp³-hybridized carbons (Fsp3) is 0.312. The molecule has 1 N–H and O–H groups in total. The minimum Gasteiger partial charge on any atom is -0.353 e. The summed E-state index contributed by atoms with van der Waals surface area (Å²) in [6.07, 6.45) is 0.214. The van der Waals surface area contributed by atoms with Gasteiger partial charge in [-0.1, -0.05) is 41.0 Å². The Bertz CT molecular complexity index is 797. The van der Waals surface area contributed by atoms with Crippen molar-refractivity contribution in [2.75, 3.05) is 19.6 Å². The van der Waals surface area contributed by atoms with E-state index in [0.717, 1.165) is 15.6 Å². The highest BCUT2D eigenvalue weighted by Crippen LogP contribution is 2.30. The standard InChI is InChI=1S/C16H15Cl2N3O2S2/c17-11-2-1-10(13(18)5-11)8-24-16-20-12(9-25-16)6-15(23)21-4-3-19-14(22)7-21/h1-2,5,9H,3-4,6-8H2,(H,19,22). The van der Waals surface area contributed by atoms with E-state index >= 15 is 0 Å². The fourth-order valence-electron chi connectivity index (χ4n) is 2.33. The van der Waals surface area contributed by atoms with E-state index < -0.39 is 0 Å². The summed E-state index contributed by atoms with van der Waals surface area (Å²) in [6.45, 7) is 1.18. The van der Waals surface area contributed by atoms with E-state index in [0.29, 0.717) is 28.9 Å². The second kappa shape index (κ2) is 8.40. The number of amides is 2. The molecule has 132 valence electrons. The summed E-state index contributed by atoms with van der Waals surface area (Å²) >= 11 is 15.1. The molecule has 2 amide bonds. The van der Waals surface area contributed by atoms with Gasteiger partial charge in [0.15, 0.2) is 0 Å². The maximum absolute atomic E-state index is 12.3. The van der Waals surface area contributed by atoms with Gasteiger partial charge in [0, 0.05) is 34.3 Å². The molecule has 0 spiro atoms. The Labute approximate surface area is 163 Å². The molecular weight excluding hydrogens is 401 g/mol. The summed E-state index contributed by atoms with van der Waals surface area (Å²) in [7, 11) is 0. The highest BCUT2D eigenvalue weighted by molar-refractivity contribution is 8.00. The van der Waals surface area contributed by atoms with Crippen molar-refractivity contribution in [1.82, 2.24) is 15.2 Å². The van der Waals surface area contributed by atoms with Gasteiger partial charge in [0.25, 0.3) is 0 Å². The highest BCUT2D eigenvalue weighted by Gasteiger charge is 2.21. The van der Waals surface area contributed by atoms with E-state index in [9.17, 15) is 9.59 Å². The van der Waals surface area contributed by atoms with Crippen molar-refractivity contribution in [3.8, 4) is 0 Å². The van der Waals surface area contributed by atoms with Crippen molar-refractivity contribution in [2.45, 2.75) is 16.5 Å². The van der Waals surface area contributed by atoms with Crippen LogP contribution in [0.15, 0.2) is 27.9 Å². The van der Waals surface area contributed by atoms with Gasteiger partial charge in [-0.15, -0.1) is 11.3 Å². The van der Waals surface area contributed by atoms with Crippen molar-refractivity contribution in [3.63, 3.8) is 0 Å². The number of hydrogen-bond donors (Lipinski definition) is 1. The van der Waals surface area contributed by atoms with Crippen LogP contribution in [0.4, 0.5) is 0 Å². The summed E-state index contributed by atoms with van der Waals surface area (Å²) in [6, 6.07) is 5.43. The van der Waals surface area contributed by atoms with Gasteiger partial charge in [-0.2, -0.15) is 0 Å². The Hall–Kier alpha value is -1.28. The van der Waals surface area contributed by atoms with Gasteiger partial charge < -0.3 is 10.2 Å². The number of thioether (sulfide) groups is 1. The number of nitrogens with zero attached hydrogens (tertiary/aromatic N) is 2. The Morgan fingerprint density at radius 2 is 2.24 bits per heavy atom. The lowest BCUT2D eigenvalue weighted by Crippen LogP contribution is -2.50. The van der Waals surface area contributed by atoms with Crippen LogP contribution in [0.3, 0.4) is 0 Å². The number of rotatable bonds is 5. The van der Waals surface area contributed by atoms with E-state index in [-0.39, 0.29) is 24.8 Å². The third-order valence-corrected chi connectivity index (χ3v) is 6.33. The SMILES string of the molecule is O=C1CN(C(=O)Cc2csc(SCc3ccc(Cl)cc3Cl)n2)CCN1. The van der Waals surface area contributed by atoms with Crippen molar-refractivity contribution < 1.29 is 9.59 Å². The number of carbonyl (C=O) groups is 2. The first-order valence-electron chi connectivity index (χ1n) is 7.57. The van der Waals surface area contributed by atoms with Crippen molar-refractivity contribution in [1.29, 1.82) is 0 Å². The fourth-order valence-corrected chi connectivity index (χ4v) is 4.74. The third-order valence-electron chi connectivity index (χ3n) is 3.62. The molecule has 1 aliphatic heterocycles. The van der Waals surface area contributed by atoms with Crippen LogP contribution >= 0.6 is 46.3 Å². The molecule has 1 fully saturated rings. The first-order chi connectivity index (χ1) is 12.0. The molecule has 2 heterocycles. The van der Waals surface area contributed by atoms with Crippen LogP contribution in [-0.2, 0) is 21.8 Å². The maximum atomic E-state index is 12.3. The van der Waals surface area contributed by atoms with E-state index in [4.69, 9.17) is 23.2 Å². The lowest BCUT2D eigenvalue weighted by atomic mass is 10.2. The minimum absolute atomic E-state index is 0.0718. The van der Waals surface area contributed by atoms with Gasteiger partial charge in [-0.3, -0.25) is 9.59 Å². The molecule has 0 aliphatic carbocycles. The molecule has 0 radical (unpaired) electrons. The van der Waals surface area contributed by atoms with Gasteiger partial charge in [0.05, 0.1) is 18.7 Å². The molecule has 0 atom stereocenters. The lowest BCUT2D eigenvalue weighted by Gasteiger charge is -2.26. The molecule has 25 heavy (non-hydrogen) atoms. The van der Waals surface area contributed by atoms with Crippen LogP contribution in [0, 0.1) is 0 Å². The molecule has 1 aliphatic rings. The van der Waals surface area contributed by atoms with Crippen LogP contribution < -0.4 is 5.32 Å². The van der Waals surface area contributed by atoms with E-state index in [1.54, 1.807) is 22.7 Å². The summed E-state index contributed by atoms with van der Waals surface area (Å²) < 4.78 is 0.880. The highest BCUT2D eigenvalue weighted by atomic mass is 35.5. The number of benzene rings is 1. The average Bonchev–Trinajstić information content (AvgIpc) is 3.01. The Morgan fingerprint density at radius 1 is 1.40 bits per heavy atom. The summed E-state index contributed by atoms with van der Waals surface area (Å²) in [4.78, 5) is 29.7. The van der Waals surface area contributed by atoms with Crippen molar-refractivity contribution in [3.05, 3.63) is 44.9 Å². The summed E-state index contributed by atoms with van der Waals surface area (Å²) in [5.41, 5.74) is 1.72. The number of nitrogens with one attached hydrogen (secondary N) is 1. The van der Waals surface area contributed by atoms with Crippen LogP contribution in [0.2, 0.25) is 10.0 Å². The molecule has 1 aromatic carbocycles. The van der Waals surface area contributed by atoms with Gasteiger partial charge in [-0.25, -0.2) is 4.98 Å². The van der Waals surface area contributed by atoms with Crippen molar-refractivity contribution >= 4 is 58.1 Å². The second-order valence-corrected chi connectivity index (χ2v) is 8.40. The predicted octanol–water partition coefficient (Wildman–Crippen LogP) is 3.24. The minimum atomic E-state index is -0.117. The Balaban J connectivity index is 1.55. The van der Waals surface area contributed by atoms with E-state index in [1.165, 1.54) is 11.3 Å². The van der Waals surface area contributed by atoms with Crippen molar-refractivity contribution in [2.24, 2.45) is 0 Å². The van der Waals surface area contributed by atoms with Gasteiger partial charge in [0.2, 0.25) is 11.8 Å². The molecule has 0 bridgehead atoms. The molecule has 0 saturated carbocycles. The number of halogens is 2. The average molecular weight is 416 g/mol. The number of aromatic nitrogens is 1. The van der Waals surface area contributed by atoms with Gasteiger partial charge in [0.1, 0.15) is 4.34 Å². The first kappa shape index (κ1) is 18.5. The van der Waals surface area contributed by atoms with Gasteiger partial charge in [-0.05, 0) is 17.7 Å². The maximum Gasteiger partial charge on any atom is 0.239 e. The second-order valence-electron chi connectivity index (χ2n) is 5.47. The molecule has 1 saturated heterocycles. The summed E-state index contributed by atoms with van der Waals surface area (Å²) in [5.74, 6) is 0.495. The zero-order valence-electron chi connectivity index (χ0n) is 13.1. The Kier molecular flexibility index (Phi) is 6.22. The smallest absolute Gasteiger partial charge is 0.239 e. The molecular formula is C16H15Cl2N3O2S2. The molecule has 0 unspecified atom stereocenters. The molecule has 9 heteroatoms. The lowest BCUT2D eigenvalue weighted by molar-refractivity contribution is -0.137. The molecule has 5 nitrogen and oxygen atoms in total. The number of piperazine rings is 1. The van der Waals surface area contributed by atoms with E-state index in [1.807, 2.05) is 17.5 Å². The number of hydrogen-bond acceptors (Lipinski definition) is 5. The molecule has 2 aromatic rings. The van der Waals surface area contributed by atoms with Crippen LogP contribution in [-0.4, -0.2) is 41.3 Å².